The Balaban J connectivity index is 3.03. The molecule has 258 valence electrons. The molecule has 0 aliphatic carbocycles. The maximum Gasteiger partial charge on any atom is 0.305 e. The van der Waals surface area contributed by atoms with Crippen molar-refractivity contribution in [2.24, 2.45) is 0 Å². The summed E-state index contributed by atoms with van der Waals surface area (Å²) in [4.78, 5) is 10.3. The van der Waals surface area contributed by atoms with Crippen LogP contribution in [0.3, 0.4) is 0 Å². The minimum absolute atomic E-state index is 0.00218. The summed E-state index contributed by atoms with van der Waals surface area (Å²) < 4.78 is 69.5. The SMILES string of the molecule is COCCOCCOCCOCCOCCOCCOCCOCCOCCOCCOCCOCCOCCC(=O)O. The van der Waals surface area contributed by atoms with Crippen LogP contribution in [0.25, 0.3) is 0 Å². The number of carboxylic acid groups (broad SMARTS) is 1. The maximum absolute atomic E-state index is 10.3. The number of aliphatic carboxylic acids is 1. The first-order chi connectivity index (χ1) is 21.3. The number of ether oxygens (including phenoxy) is 13. The van der Waals surface area contributed by atoms with Crippen LogP contribution < -0.4 is 0 Å². The van der Waals surface area contributed by atoms with E-state index in [4.69, 9.17) is 66.7 Å². The Morgan fingerprint density at radius 2 is 0.488 bits per heavy atom. The van der Waals surface area contributed by atoms with Crippen LogP contribution in [-0.4, -0.2) is 183 Å². The molecule has 0 aromatic heterocycles. The zero-order valence-corrected chi connectivity index (χ0v) is 26.0. The molecule has 15 nitrogen and oxygen atoms in total. The summed E-state index contributed by atoms with van der Waals surface area (Å²) >= 11 is 0. The topological polar surface area (TPSA) is 157 Å². The number of hydrogen-bond donors (Lipinski definition) is 1. The Bertz CT molecular complexity index is 530. The van der Waals surface area contributed by atoms with Gasteiger partial charge in [0, 0.05) is 7.11 Å². The molecule has 0 fully saturated rings. The largest absolute Gasteiger partial charge is 0.481 e. The molecule has 0 amide bonds. The quantitative estimate of drug-likeness (QED) is 0.0923. The molecule has 0 aliphatic heterocycles. The van der Waals surface area contributed by atoms with Crippen LogP contribution >= 0.6 is 0 Å². The molecule has 0 radical (unpaired) electrons. The summed E-state index contributed by atoms with van der Waals surface area (Å²) in [6.45, 7) is 12.1. The van der Waals surface area contributed by atoms with E-state index < -0.39 is 5.97 Å². The van der Waals surface area contributed by atoms with Crippen LogP contribution in [0.15, 0.2) is 0 Å². The fourth-order valence-electron chi connectivity index (χ4n) is 2.82. The molecule has 0 aromatic carbocycles. The average Bonchev–Trinajstić information content (AvgIpc) is 3.00. The highest BCUT2D eigenvalue weighted by atomic mass is 16.6. The van der Waals surface area contributed by atoms with E-state index in [0.717, 1.165) is 0 Å². The molecule has 43 heavy (non-hydrogen) atoms. The van der Waals surface area contributed by atoms with Crippen molar-refractivity contribution >= 4 is 5.97 Å². The lowest BCUT2D eigenvalue weighted by atomic mass is 10.5. The van der Waals surface area contributed by atoms with Crippen molar-refractivity contribution in [3.8, 4) is 0 Å². The Labute approximate surface area is 256 Å². The van der Waals surface area contributed by atoms with Crippen molar-refractivity contribution in [1.29, 1.82) is 0 Å². The molecule has 0 saturated carbocycles. The van der Waals surface area contributed by atoms with E-state index in [1.165, 1.54) is 0 Å². The second kappa shape index (κ2) is 39.0. The van der Waals surface area contributed by atoms with Crippen LogP contribution in [0.1, 0.15) is 6.42 Å². The predicted octanol–water partition coefficient (Wildman–Crippen LogP) is 0.307. The fourth-order valence-corrected chi connectivity index (χ4v) is 2.82. The maximum atomic E-state index is 10.3. The lowest BCUT2D eigenvalue weighted by Crippen LogP contribution is -2.15. The van der Waals surface area contributed by atoms with Gasteiger partial charge >= 0.3 is 5.97 Å². The molecular formula is C28H56O15. The summed E-state index contributed by atoms with van der Waals surface area (Å²) in [7, 11) is 1.64. The van der Waals surface area contributed by atoms with Crippen LogP contribution in [-0.2, 0) is 66.4 Å². The van der Waals surface area contributed by atoms with Crippen LogP contribution in [0.4, 0.5) is 0 Å². The minimum atomic E-state index is -0.874. The van der Waals surface area contributed by atoms with Crippen LogP contribution in [0.2, 0.25) is 0 Å². The molecule has 0 saturated heterocycles. The Morgan fingerprint density at radius 1 is 0.326 bits per heavy atom. The summed E-state index contributed by atoms with van der Waals surface area (Å²) in [6, 6.07) is 0. The Hall–Kier alpha value is -1.05. The smallest absolute Gasteiger partial charge is 0.305 e. The highest BCUT2D eigenvalue weighted by molar-refractivity contribution is 5.66. The van der Waals surface area contributed by atoms with E-state index in [0.29, 0.717) is 159 Å². The predicted molar refractivity (Wildman–Crippen MR) is 154 cm³/mol. The second-order valence-electron chi connectivity index (χ2n) is 8.49. The number of hydrogen-bond acceptors (Lipinski definition) is 14. The van der Waals surface area contributed by atoms with Gasteiger partial charge in [-0.1, -0.05) is 0 Å². The lowest BCUT2D eigenvalue weighted by Gasteiger charge is -2.09. The standard InChI is InChI=1S/C28H56O15/c1-31-4-5-33-8-9-35-12-13-37-16-17-39-20-21-41-24-25-43-27-26-42-23-22-40-19-18-38-15-14-36-11-10-34-7-6-32-3-2-28(29)30/h2-27H2,1H3,(H,29,30). The van der Waals surface area contributed by atoms with E-state index in [-0.39, 0.29) is 13.0 Å². The number of carboxylic acids is 1. The third-order valence-electron chi connectivity index (χ3n) is 4.98. The number of methoxy groups -OCH3 is 1. The first kappa shape index (κ1) is 42.0. The molecule has 0 rings (SSSR count). The summed E-state index contributed by atoms with van der Waals surface area (Å²) in [5.41, 5.74) is 0. The monoisotopic (exact) mass is 632 g/mol. The van der Waals surface area contributed by atoms with E-state index in [1.54, 1.807) is 7.11 Å². The summed E-state index contributed by atoms with van der Waals surface area (Å²) in [6.07, 6.45) is -0.00218. The van der Waals surface area contributed by atoms with Crippen molar-refractivity contribution in [3.05, 3.63) is 0 Å². The number of carbonyl (C=O) groups is 1. The molecule has 0 aliphatic rings. The van der Waals surface area contributed by atoms with Crippen molar-refractivity contribution < 1.29 is 71.5 Å². The van der Waals surface area contributed by atoms with E-state index in [2.05, 4.69) is 0 Å². The zero-order valence-electron chi connectivity index (χ0n) is 26.0. The molecule has 0 spiro atoms. The van der Waals surface area contributed by atoms with Gasteiger partial charge in [-0.15, -0.1) is 0 Å². The molecular weight excluding hydrogens is 576 g/mol. The van der Waals surface area contributed by atoms with Gasteiger partial charge in [-0.05, 0) is 0 Å². The van der Waals surface area contributed by atoms with E-state index >= 15 is 0 Å². The van der Waals surface area contributed by atoms with Gasteiger partial charge < -0.3 is 66.7 Å². The van der Waals surface area contributed by atoms with Crippen molar-refractivity contribution in [2.75, 3.05) is 172 Å². The van der Waals surface area contributed by atoms with Gasteiger partial charge in [-0.3, -0.25) is 4.79 Å². The van der Waals surface area contributed by atoms with Crippen LogP contribution in [0.5, 0.6) is 0 Å². The van der Waals surface area contributed by atoms with Crippen molar-refractivity contribution in [1.82, 2.24) is 0 Å². The Kier molecular flexibility index (Phi) is 38.0. The van der Waals surface area contributed by atoms with Crippen LogP contribution in [0, 0.1) is 0 Å². The van der Waals surface area contributed by atoms with E-state index in [1.807, 2.05) is 0 Å². The third-order valence-corrected chi connectivity index (χ3v) is 4.98. The van der Waals surface area contributed by atoms with Crippen molar-refractivity contribution in [3.63, 3.8) is 0 Å². The van der Waals surface area contributed by atoms with Gasteiger partial charge in [-0.2, -0.15) is 0 Å². The normalized spacial score (nSPS) is 11.5. The average molecular weight is 633 g/mol. The van der Waals surface area contributed by atoms with Gasteiger partial charge in [0.1, 0.15) is 0 Å². The first-order valence-electron chi connectivity index (χ1n) is 14.9. The molecule has 0 heterocycles. The molecule has 1 N–H and O–H groups in total. The fraction of sp³-hybridized carbons (Fsp3) is 0.964. The van der Waals surface area contributed by atoms with E-state index in [9.17, 15) is 4.79 Å². The lowest BCUT2D eigenvalue weighted by molar-refractivity contribution is -0.138. The van der Waals surface area contributed by atoms with Crippen molar-refractivity contribution in [2.45, 2.75) is 6.42 Å². The first-order valence-corrected chi connectivity index (χ1v) is 14.9. The van der Waals surface area contributed by atoms with Gasteiger partial charge in [0.2, 0.25) is 0 Å². The van der Waals surface area contributed by atoms with Gasteiger partial charge in [0.25, 0.3) is 0 Å². The second-order valence-corrected chi connectivity index (χ2v) is 8.49. The highest BCUT2D eigenvalue weighted by Crippen LogP contribution is 1.88. The van der Waals surface area contributed by atoms with Gasteiger partial charge in [0.05, 0.1) is 172 Å². The molecule has 0 atom stereocenters. The summed E-state index contributed by atoms with van der Waals surface area (Å²) in [5, 5.41) is 8.48. The summed E-state index contributed by atoms with van der Waals surface area (Å²) in [5.74, 6) is -0.874. The zero-order chi connectivity index (χ0) is 31.2. The third kappa shape index (κ3) is 41.0. The number of rotatable bonds is 39. The minimum Gasteiger partial charge on any atom is -0.481 e. The molecule has 0 bridgehead atoms. The van der Waals surface area contributed by atoms with Gasteiger partial charge in [-0.25, -0.2) is 0 Å². The molecule has 0 aromatic rings. The Morgan fingerprint density at radius 3 is 0.651 bits per heavy atom. The molecule has 0 unspecified atom stereocenters. The van der Waals surface area contributed by atoms with Gasteiger partial charge in [0.15, 0.2) is 0 Å². The highest BCUT2D eigenvalue weighted by Gasteiger charge is 1.98. The molecule has 15 heteroatoms.